The van der Waals surface area contributed by atoms with E-state index in [1.165, 1.54) is 18.0 Å². The predicted molar refractivity (Wildman–Crippen MR) is 61.1 cm³/mol. The molecule has 4 nitrogen and oxygen atoms in total. The highest BCUT2D eigenvalue weighted by Gasteiger charge is 2.23. The van der Waals surface area contributed by atoms with Crippen LogP contribution in [0.5, 0.6) is 0 Å². The number of carboxylic acid groups (broad SMARTS) is 1. The minimum Gasteiger partial charge on any atom is -0.480 e. The highest BCUT2D eigenvalue weighted by molar-refractivity contribution is 8.00. The topological polar surface area (TPSA) is 74.0 Å². The van der Waals surface area contributed by atoms with E-state index in [0.717, 1.165) is 0 Å². The Morgan fingerprint density at radius 1 is 1.62 bits per heavy atom. The molecule has 0 bridgehead atoms. The van der Waals surface area contributed by atoms with Crippen LogP contribution in [0.3, 0.4) is 0 Å². The van der Waals surface area contributed by atoms with E-state index in [1.54, 1.807) is 12.1 Å². The summed E-state index contributed by atoms with van der Waals surface area (Å²) in [5.74, 6) is -0.873. The molecule has 0 fully saturated rings. The Labute approximate surface area is 98.3 Å². The second kappa shape index (κ2) is 5.52. The lowest BCUT2D eigenvalue weighted by molar-refractivity contribution is -0.137. The van der Waals surface area contributed by atoms with Crippen LogP contribution >= 0.6 is 11.8 Å². The number of hydrogen-bond donors (Lipinski definition) is 1. The van der Waals surface area contributed by atoms with Crippen LogP contribution in [-0.2, 0) is 4.79 Å². The first kappa shape index (κ1) is 12.5. The zero-order valence-corrected chi connectivity index (χ0v) is 9.86. The summed E-state index contributed by atoms with van der Waals surface area (Å²) in [6, 6.07) is 5.37. The van der Waals surface area contributed by atoms with Crippen molar-refractivity contribution in [1.29, 1.82) is 5.26 Å². The van der Waals surface area contributed by atoms with E-state index in [4.69, 9.17) is 10.4 Å². The Bertz CT molecular complexity index is 426. The molecule has 0 amide bonds. The number of aliphatic carboxylic acids is 1. The average Bonchev–Trinajstić information content (AvgIpc) is 2.25. The fourth-order valence-electron chi connectivity index (χ4n) is 1.18. The van der Waals surface area contributed by atoms with Gasteiger partial charge in [-0.25, -0.2) is 4.98 Å². The lowest BCUT2D eigenvalue weighted by atomic mass is 10.1. The Kier molecular flexibility index (Phi) is 4.32. The summed E-state index contributed by atoms with van der Waals surface area (Å²) in [6.07, 6.45) is 1.52. The normalized spacial score (nSPS) is 12.1. The molecule has 1 N–H and O–H groups in total. The van der Waals surface area contributed by atoms with Crippen LogP contribution in [0.2, 0.25) is 0 Å². The highest BCUT2D eigenvalue weighted by Crippen LogP contribution is 2.29. The van der Waals surface area contributed by atoms with Crippen LogP contribution in [0, 0.1) is 17.2 Å². The van der Waals surface area contributed by atoms with Crippen molar-refractivity contribution in [3.63, 3.8) is 0 Å². The highest BCUT2D eigenvalue weighted by atomic mass is 32.2. The van der Waals surface area contributed by atoms with E-state index in [2.05, 4.69) is 4.98 Å². The Morgan fingerprint density at radius 3 is 2.81 bits per heavy atom. The molecule has 0 aromatic carbocycles. The van der Waals surface area contributed by atoms with Crippen molar-refractivity contribution in [3.05, 3.63) is 24.0 Å². The quantitative estimate of drug-likeness (QED) is 0.811. The van der Waals surface area contributed by atoms with Crippen molar-refractivity contribution in [2.45, 2.75) is 24.0 Å². The first-order valence-electron chi connectivity index (χ1n) is 4.81. The Morgan fingerprint density at radius 2 is 2.31 bits per heavy atom. The third-order valence-electron chi connectivity index (χ3n) is 1.98. The smallest absolute Gasteiger partial charge is 0.317 e. The molecule has 16 heavy (non-hydrogen) atoms. The summed E-state index contributed by atoms with van der Waals surface area (Å²) in [5.41, 5.74) is 0.277. The average molecular weight is 236 g/mol. The molecule has 5 heteroatoms. The first-order chi connectivity index (χ1) is 7.56. The largest absolute Gasteiger partial charge is 0.480 e. The lowest BCUT2D eigenvalue weighted by Crippen LogP contribution is -2.22. The summed E-state index contributed by atoms with van der Waals surface area (Å²) in [4.78, 5) is 15.5. The SMILES string of the molecule is CC(C)C(Sc1cccnc1C#N)C(=O)O. The van der Waals surface area contributed by atoms with Gasteiger partial charge in [0.15, 0.2) is 5.69 Å². The van der Waals surface area contributed by atoms with Crippen LogP contribution in [-0.4, -0.2) is 21.3 Å². The molecular weight excluding hydrogens is 224 g/mol. The van der Waals surface area contributed by atoms with Crippen molar-refractivity contribution in [1.82, 2.24) is 4.98 Å². The summed E-state index contributed by atoms with van der Waals surface area (Å²) < 4.78 is 0. The van der Waals surface area contributed by atoms with E-state index < -0.39 is 11.2 Å². The van der Waals surface area contributed by atoms with Gasteiger partial charge in [-0.1, -0.05) is 13.8 Å². The maximum Gasteiger partial charge on any atom is 0.317 e. The molecule has 0 aliphatic rings. The van der Waals surface area contributed by atoms with E-state index in [0.29, 0.717) is 4.90 Å². The van der Waals surface area contributed by atoms with Gasteiger partial charge >= 0.3 is 5.97 Å². The van der Waals surface area contributed by atoms with Gasteiger partial charge in [0.05, 0.1) is 0 Å². The van der Waals surface area contributed by atoms with Crippen LogP contribution in [0.25, 0.3) is 0 Å². The molecule has 0 saturated heterocycles. The number of hydrogen-bond acceptors (Lipinski definition) is 4. The molecule has 1 rings (SSSR count). The molecule has 1 aromatic rings. The van der Waals surface area contributed by atoms with Gasteiger partial charge in [0.1, 0.15) is 11.3 Å². The standard InChI is InChI=1S/C11H12N2O2S/c1-7(2)10(11(14)15)16-9-4-3-5-13-8(9)6-12/h3-5,7,10H,1-2H3,(H,14,15). The summed E-state index contributed by atoms with van der Waals surface area (Å²) in [6.45, 7) is 3.68. The van der Waals surface area contributed by atoms with Gasteiger partial charge in [0.25, 0.3) is 0 Å². The molecule has 84 valence electrons. The molecule has 0 aliphatic heterocycles. The van der Waals surface area contributed by atoms with E-state index >= 15 is 0 Å². The monoisotopic (exact) mass is 236 g/mol. The van der Waals surface area contributed by atoms with Gasteiger partial charge < -0.3 is 5.11 Å². The van der Waals surface area contributed by atoms with Crippen molar-refractivity contribution in [3.8, 4) is 6.07 Å². The molecule has 0 aliphatic carbocycles. The van der Waals surface area contributed by atoms with Gasteiger partial charge in [-0.3, -0.25) is 4.79 Å². The van der Waals surface area contributed by atoms with Crippen LogP contribution in [0.4, 0.5) is 0 Å². The first-order valence-corrected chi connectivity index (χ1v) is 5.68. The fourth-order valence-corrected chi connectivity index (χ4v) is 2.19. The molecule has 0 radical (unpaired) electrons. The predicted octanol–water partition coefficient (Wildman–Crippen LogP) is 2.15. The number of carboxylic acids is 1. The number of carbonyl (C=O) groups is 1. The molecule has 1 aromatic heterocycles. The number of thioether (sulfide) groups is 1. The number of aromatic nitrogens is 1. The van der Waals surface area contributed by atoms with Gasteiger partial charge in [-0.15, -0.1) is 11.8 Å². The molecule has 0 saturated carbocycles. The third-order valence-corrected chi connectivity index (χ3v) is 3.56. The molecular formula is C11H12N2O2S. The van der Waals surface area contributed by atoms with Crippen LogP contribution in [0.1, 0.15) is 19.5 Å². The molecule has 1 atom stereocenters. The molecule has 0 spiro atoms. The number of nitriles is 1. The van der Waals surface area contributed by atoms with Crippen molar-refractivity contribution >= 4 is 17.7 Å². The van der Waals surface area contributed by atoms with Gasteiger partial charge in [0.2, 0.25) is 0 Å². The molecule has 1 heterocycles. The summed E-state index contributed by atoms with van der Waals surface area (Å²) in [7, 11) is 0. The van der Waals surface area contributed by atoms with Crippen molar-refractivity contribution in [2.75, 3.05) is 0 Å². The Hall–Kier alpha value is -1.54. The van der Waals surface area contributed by atoms with Gasteiger partial charge in [0, 0.05) is 11.1 Å². The van der Waals surface area contributed by atoms with Crippen molar-refractivity contribution in [2.24, 2.45) is 5.92 Å². The minimum atomic E-state index is -0.868. The van der Waals surface area contributed by atoms with E-state index in [1.807, 2.05) is 19.9 Å². The molecule has 1 unspecified atom stereocenters. The Balaban J connectivity index is 2.94. The van der Waals surface area contributed by atoms with E-state index in [9.17, 15) is 4.79 Å². The second-order valence-corrected chi connectivity index (χ2v) is 4.77. The van der Waals surface area contributed by atoms with E-state index in [-0.39, 0.29) is 11.6 Å². The van der Waals surface area contributed by atoms with Gasteiger partial charge in [-0.2, -0.15) is 5.26 Å². The lowest BCUT2D eigenvalue weighted by Gasteiger charge is -2.15. The summed E-state index contributed by atoms with van der Waals surface area (Å²) >= 11 is 1.17. The van der Waals surface area contributed by atoms with Crippen molar-refractivity contribution < 1.29 is 9.90 Å². The maximum atomic E-state index is 11.0. The fraction of sp³-hybridized carbons (Fsp3) is 0.364. The number of nitrogens with zero attached hydrogens (tertiary/aromatic N) is 2. The summed E-state index contributed by atoms with van der Waals surface area (Å²) in [5, 5.41) is 17.3. The van der Waals surface area contributed by atoms with Crippen LogP contribution < -0.4 is 0 Å². The second-order valence-electron chi connectivity index (χ2n) is 3.58. The maximum absolute atomic E-state index is 11.0. The number of rotatable bonds is 4. The minimum absolute atomic E-state index is 0.00533. The van der Waals surface area contributed by atoms with Gasteiger partial charge in [-0.05, 0) is 18.1 Å². The zero-order chi connectivity index (χ0) is 12.1. The third kappa shape index (κ3) is 2.97. The zero-order valence-electron chi connectivity index (χ0n) is 9.04. The number of pyridine rings is 1. The van der Waals surface area contributed by atoms with Crippen LogP contribution in [0.15, 0.2) is 23.2 Å².